The summed E-state index contributed by atoms with van der Waals surface area (Å²) in [7, 11) is 7.10. The van der Waals surface area contributed by atoms with Crippen LogP contribution in [-0.4, -0.2) is 196 Å². The Morgan fingerprint density at radius 3 is 2.14 bits per heavy atom. The maximum absolute atomic E-state index is 14.4. The van der Waals surface area contributed by atoms with Crippen LogP contribution in [0.2, 0.25) is 0 Å². The number of thioether (sulfide) groups is 1. The second-order valence-corrected chi connectivity index (χ2v) is 20.9. The number of amides is 1. The van der Waals surface area contributed by atoms with Gasteiger partial charge in [0, 0.05) is 44.7 Å². The Morgan fingerprint density at radius 2 is 1.57 bits per heavy atom. The van der Waals surface area contributed by atoms with Crippen LogP contribution in [0.3, 0.4) is 0 Å². The third-order valence-corrected chi connectivity index (χ3v) is 15.3. The minimum Gasteiger partial charge on any atom is -0.459 e. The molecule has 0 aromatic heterocycles. The van der Waals surface area contributed by atoms with Crippen molar-refractivity contribution in [3.05, 3.63) is 0 Å². The minimum absolute atomic E-state index is 0.0962. The normalized spacial score (nSPS) is 45.3. The van der Waals surface area contributed by atoms with E-state index in [0.29, 0.717) is 25.1 Å². The van der Waals surface area contributed by atoms with Gasteiger partial charge >= 0.3 is 11.9 Å². The van der Waals surface area contributed by atoms with E-state index in [1.54, 1.807) is 34.6 Å². The molecule has 4 rings (SSSR count). The summed E-state index contributed by atoms with van der Waals surface area (Å²) >= 11 is 1.49. The van der Waals surface area contributed by atoms with Crippen LogP contribution in [0.25, 0.3) is 0 Å². The standard InChI is InChI=1S/C45H81N3O14S/c1-16-32-36(51)35(50)27(7)47(14)21-23(3)19-44(10,55)40(25(5)37(26(6)41(53)59-32)60-34-20-45(11,56-15)39(52)33(17-2)58-34)62-43-38(30(46(12)13)18-24(4)57-43)61-42(54)31-22-63-29(9)48(31)28(8)49/h23-27,29-40,43,50-52,55H,16-22H2,1-15H3/t23-,24-,25+,26-,27-,29?,30+,31?,32-,33+,34+,35-,36-,37+,38-,39+,40-,43+,44-,45-/m1/s1. The number of cyclic esters (lactones) is 1. The number of hydrogen-bond donors (Lipinski definition) is 4. The highest BCUT2D eigenvalue weighted by Gasteiger charge is 2.53. The van der Waals surface area contributed by atoms with Crippen molar-refractivity contribution in [1.29, 1.82) is 0 Å². The molecule has 2 unspecified atom stereocenters. The number of nitrogens with zero attached hydrogens (tertiary/aromatic N) is 3. The van der Waals surface area contributed by atoms with Crippen molar-refractivity contribution >= 4 is 29.6 Å². The van der Waals surface area contributed by atoms with Gasteiger partial charge in [-0.3, -0.25) is 9.59 Å². The Bertz CT molecular complexity index is 1510. The number of methoxy groups -OCH3 is 1. The quantitative estimate of drug-likeness (QED) is 0.233. The predicted molar refractivity (Wildman–Crippen MR) is 236 cm³/mol. The first kappa shape index (κ1) is 53.9. The van der Waals surface area contributed by atoms with Gasteiger partial charge in [-0.1, -0.05) is 27.7 Å². The third kappa shape index (κ3) is 12.5. The highest BCUT2D eigenvalue weighted by Crippen LogP contribution is 2.41. The highest BCUT2D eigenvalue weighted by molar-refractivity contribution is 8.00. The summed E-state index contributed by atoms with van der Waals surface area (Å²) in [4.78, 5) is 46.6. The summed E-state index contributed by atoms with van der Waals surface area (Å²) in [6, 6.07) is -1.76. The Labute approximate surface area is 380 Å². The Morgan fingerprint density at radius 1 is 0.937 bits per heavy atom. The molecule has 17 nitrogen and oxygen atoms in total. The van der Waals surface area contributed by atoms with Crippen LogP contribution in [0.4, 0.5) is 0 Å². The smallest absolute Gasteiger partial charge is 0.330 e. The van der Waals surface area contributed by atoms with E-state index in [1.165, 1.54) is 30.7 Å². The molecule has 0 saturated carbocycles. The molecule has 63 heavy (non-hydrogen) atoms. The lowest BCUT2D eigenvalue weighted by Crippen LogP contribution is -2.61. The first-order chi connectivity index (χ1) is 29.3. The lowest BCUT2D eigenvalue weighted by Gasteiger charge is -2.49. The summed E-state index contributed by atoms with van der Waals surface area (Å²) in [5, 5.41) is 46.7. The zero-order chi connectivity index (χ0) is 47.5. The fourth-order valence-electron chi connectivity index (χ4n) is 10.2. The lowest BCUT2D eigenvalue weighted by molar-refractivity contribution is -0.320. The molecule has 18 heteroatoms. The summed E-state index contributed by atoms with van der Waals surface area (Å²) < 4.78 is 45.1. The van der Waals surface area contributed by atoms with Crippen molar-refractivity contribution in [1.82, 2.24) is 14.7 Å². The van der Waals surface area contributed by atoms with Gasteiger partial charge in [0.2, 0.25) is 5.91 Å². The number of hydrogen-bond acceptors (Lipinski definition) is 17. The molecule has 0 bridgehead atoms. The molecule has 366 valence electrons. The van der Waals surface area contributed by atoms with Gasteiger partial charge in [0.25, 0.3) is 0 Å². The van der Waals surface area contributed by atoms with Crippen LogP contribution in [0.15, 0.2) is 0 Å². The largest absolute Gasteiger partial charge is 0.459 e. The van der Waals surface area contributed by atoms with Gasteiger partial charge in [0.1, 0.15) is 24.4 Å². The summed E-state index contributed by atoms with van der Waals surface area (Å²) in [6.07, 6.45) is -9.81. The van der Waals surface area contributed by atoms with E-state index in [-0.39, 0.29) is 48.6 Å². The first-order valence-corrected chi connectivity index (χ1v) is 24.0. The van der Waals surface area contributed by atoms with Gasteiger partial charge in [-0.05, 0) is 94.3 Å². The van der Waals surface area contributed by atoms with Gasteiger partial charge in [0.05, 0.1) is 59.1 Å². The van der Waals surface area contributed by atoms with Crippen molar-refractivity contribution < 1.29 is 68.0 Å². The summed E-state index contributed by atoms with van der Waals surface area (Å²) in [5.74, 6) is -3.30. The van der Waals surface area contributed by atoms with Gasteiger partial charge in [-0.2, -0.15) is 0 Å². The average molecular weight is 920 g/mol. The zero-order valence-corrected chi connectivity index (χ0v) is 41.3. The van der Waals surface area contributed by atoms with Crippen molar-refractivity contribution in [2.75, 3.05) is 40.6 Å². The van der Waals surface area contributed by atoms with E-state index >= 15 is 0 Å². The number of rotatable bonds is 10. The maximum Gasteiger partial charge on any atom is 0.330 e. The molecule has 4 N–H and O–H groups in total. The van der Waals surface area contributed by atoms with Crippen molar-refractivity contribution in [3.8, 4) is 0 Å². The van der Waals surface area contributed by atoms with Crippen LogP contribution in [0, 0.1) is 17.8 Å². The fourth-order valence-corrected chi connectivity index (χ4v) is 11.4. The van der Waals surface area contributed by atoms with Crippen LogP contribution >= 0.6 is 11.8 Å². The predicted octanol–water partition coefficient (Wildman–Crippen LogP) is 2.76. The van der Waals surface area contributed by atoms with Crippen molar-refractivity contribution in [2.24, 2.45) is 17.8 Å². The second kappa shape index (κ2) is 22.4. The highest BCUT2D eigenvalue weighted by atomic mass is 32.2. The second-order valence-electron chi connectivity index (χ2n) is 19.6. The third-order valence-electron chi connectivity index (χ3n) is 14.1. The van der Waals surface area contributed by atoms with Gasteiger partial charge in [-0.15, -0.1) is 11.8 Å². The summed E-state index contributed by atoms with van der Waals surface area (Å²) in [6.45, 7) is 19.9. The van der Waals surface area contributed by atoms with Gasteiger partial charge in [0.15, 0.2) is 18.7 Å². The molecule has 4 fully saturated rings. The molecule has 0 aliphatic carbocycles. The average Bonchev–Trinajstić information content (AvgIpc) is 3.62. The Hall–Kier alpha value is -1.68. The van der Waals surface area contributed by atoms with Crippen LogP contribution < -0.4 is 0 Å². The summed E-state index contributed by atoms with van der Waals surface area (Å²) in [5.41, 5.74) is -2.73. The number of carbonyl (C=O) groups is 3. The van der Waals surface area contributed by atoms with Crippen LogP contribution in [0.1, 0.15) is 108 Å². The Kier molecular flexibility index (Phi) is 19.2. The number of carbonyl (C=O) groups excluding carboxylic acids is 3. The molecule has 20 atom stereocenters. The number of esters is 2. The van der Waals surface area contributed by atoms with E-state index < -0.39 is 108 Å². The fraction of sp³-hybridized carbons (Fsp3) is 0.933. The lowest BCUT2D eigenvalue weighted by atomic mass is 9.77. The zero-order valence-electron chi connectivity index (χ0n) is 40.5. The first-order valence-electron chi connectivity index (χ1n) is 22.9. The molecular formula is C45H81N3O14S. The van der Waals surface area contributed by atoms with Crippen LogP contribution in [-0.2, 0) is 47.5 Å². The molecule has 4 saturated heterocycles. The SMILES string of the molecule is CC[C@@H]1O[C@@H](O[C@H]2[C@H](C)[C@@H](O[C@@H]3O[C@H](C)C[C@H](N(C)C)[C@H]3OC(=O)C3CSC(C)N3C(C)=O)[C@](C)(O)C[C@@H](C)CN(C)[C@H](C)[C@@H](O)[C@H](O)[C@@H](CC)OC(=O)[C@@H]2C)C[C@@](C)(OC)[C@H]1O. The molecule has 0 spiro atoms. The van der Waals surface area contributed by atoms with E-state index in [9.17, 15) is 34.8 Å². The van der Waals surface area contributed by atoms with E-state index in [1.807, 2.05) is 65.6 Å². The van der Waals surface area contributed by atoms with Crippen LogP contribution in [0.5, 0.6) is 0 Å². The molecule has 4 aliphatic rings. The topological polar surface area (TPSA) is 206 Å². The molecule has 0 aromatic carbocycles. The molecule has 0 aromatic rings. The molecule has 1 amide bonds. The number of aliphatic hydroxyl groups is 4. The Balaban J connectivity index is 1.86. The molecule has 4 heterocycles. The van der Waals surface area contributed by atoms with Crippen molar-refractivity contribution in [3.63, 3.8) is 0 Å². The molecule has 0 radical (unpaired) electrons. The monoisotopic (exact) mass is 920 g/mol. The minimum atomic E-state index is -1.66. The number of likely N-dealkylation sites (N-methyl/N-ethyl adjacent to an activating group) is 2. The van der Waals surface area contributed by atoms with E-state index in [2.05, 4.69) is 0 Å². The molecule has 4 aliphatic heterocycles. The number of ether oxygens (including phenoxy) is 7. The van der Waals surface area contributed by atoms with E-state index in [0.717, 1.165) is 0 Å². The van der Waals surface area contributed by atoms with Gasteiger partial charge in [-0.25, -0.2) is 4.79 Å². The number of aliphatic hydroxyl groups excluding tert-OH is 3. The van der Waals surface area contributed by atoms with Gasteiger partial charge < -0.3 is 68.3 Å². The molecular weight excluding hydrogens is 839 g/mol. The van der Waals surface area contributed by atoms with E-state index in [4.69, 9.17) is 33.2 Å². The van der Waals surface area contributed by atoms with Crippen molar-refractivity contribution in [2.45, 2.75) is 210 Å². The maximum atomic E-state index is 14.4.